The largest absolute Gasteiger partial charge is 0.493 e. The second kappa shape index (κ2) is 9.23. The normalized spacial score (nSPS) is 15.1. The van der Waals surface area contributed by atoms with Crippen LogP contribution in [-0.2, 0) is 14.4 Å². The molecule has 31 heavy (non-hydrogen) atoms. The average molecular weight is 509 g/mol. The van der Waals surface area contributed by atoms with Crippen molar-refractivity contribution in [2.45, 2.75) is 0 Å². The highest BCUT2D eigenvalue weighted by molar-refractivity contribution is 9.10. The van der Waals surface area contributed by atoms with Crippen LogP contribution >= 0.6 is 28.1 Å². The Kier molecular flexibility index (Phi) is 6.66. The maximum Gasteiger partial charge on any atom is 0.341 e. The molecule has 160 valence electrons. The number of anilines is 1. The number of carbonyl (C=O) groups is 3. The SMILES string of the molecule is COc1cc(/C=C2\C(=O)NC(=S)N(c3ccccc3F)C2=O)cc(Br)c1OCC(=O)O. The van der Waals surface area contributed by atoms with E-state index in [2.05, 4.69) is 21.2 Å². The number of halogens is 2. The number of carbonyl (C=O) groups excluding carboxylic acids is 2. The zero-order valence-electron chi connectivity index (χ0n) is 15.8. The monoisotopic (exact) mass is 508 g/mol. The minimum Gasteiger partial charge on any atom is -0.493 e. The van der Waals surface area contributed by atoms with E-state index in [1.54, 1.807) is 0 Å². The molecule has 11 heteroatoms. The second-order valence-electron chi connectivity index (χ2n) is 6.13. The Balaban J connectivity index is 2.01. The average Bonchev–Trinajstić information content (AvgIpc) is 2.71. The van der Waals surface area contributed by atoms with Gasteiger partial charge in [0, 0.05) is 0 Å². The van der Waals surface area contributed by atoms with Crippen LogP contribution in [0.5, 0.6) is 11.5 Å². The quantitative estimate of drug-likeness (QED) is 0.351. The number of para-hydroxylation sites is 1. The summed E-state index contributed by atoms with van der Waals surface area (Å²) in [6.07, 6.45) is 1.28. The third-order valence-electron chi connectivity index (χ3n) is 4.10. The van der Waals surface area contributed by atoms with Crippen LogP contribution < -0.4 is 19.7 Å². The van der Waals surface area contributed by atoms with Gasteiger partial charge in [0.05, 0.1) is 17.3 Å². The van der Waals surface area contributed by atoms with E-state index in [-0.39, 0.29) is 27.9 Å². The van der Waals surface area contributed by atoms with Crippen molar-refractivity contribution in [3.05, 3.63) is 57.8 Å². The van der Waals surface area contributed by atoms with E-state index >= 15 is 0 Å². The molecule has 0 aromatic heterocycles. The van der Waals surface area contributed by atoms with Gasteiger partial charge in [-0.15, -0.1) is 0 Å². The number of thiocarbonyl (C=S) groups is 1. The number of amides is 2. The Morgan fingerprint density at radius 1 is 1.32 bits per heavy atom. The van der Waals surface area contributed by atoms with Gasteiger partial charge in [-0.3, -0.25) is 14.9 Å². The van der Waals surface area contributed by atoms with Gasteiger partial charge in [-0.1, -0.05) is 12.1 Å². The molecule has 0 unspecified atom stereocenters. The fraction of sp³-hybridized carbons (Fsp3) is 0.100. The molecule has 2 N–H and O–H groups in total. The first-order valence-corrected chi connectivity index (χ1v) is 9.81. The number of methoxy groups -OCH3 is 1. The van der Waals surface area contributed by atoms with Gasteiger partial charge >= 0.3 is 5.97 Å². The smallest absolute Gasteiger partial charge is 0.341 e. The number of benzene rings is 2. The Morgan fingerprint density at radius 2 is 2.03 bits per heavy atom. The van der Waals surface area contributed by atoms with E-state index in [4.69, 9.17) is 26.8 Å². The van der Waals surface area contributed by atoms with E-state index in [9.17, 15) is 18.8 Å². The van der Waals surface area contributed by atoms with E-state index in [0.29, 0.717) is 10.0 Å². The van der Waals surface area contributed by atoms with Crippen molar-refractivity contribution in [2.75, 3.05) is 18.6 Å². The van der Waals surface area contributed by atoms with E-state index < -0.39 is 30.2 Å². The molecule has 8 nitrogen and oxygen atoms in total. The number of nitrogens with one attached hydrogen (secondary N) is 1. The first-order valence-electron chi connectivity index (χ1n) is 8.61. The summed E-state index contributed by atoms with van der Waals surface area (Å²) in [6, 6.07) is 8.49. The molecule has 0 radical (unpaired) electrons. The van der Waals surface area contributed by atoms with Gasteiger partial charge in [0.1, 0.15) is 11.4 Å². The number of nitrogens with zero attached hydrogens (tertiary/aromatic N) is 1. The number of aliphatic carboxylic acids is 1. The van der Waals surface area contributed by atoms with Crippen LogP contribution in [0.3, 0.4) is 0 Å². The minimum atomic E-state index is -1.17. The van der Waals surface area contributed by atoms with Gasteiger partial charge < -0.3 is 14.6 Å². The second-order valence-corrected chi connectivity index (χ2v) is 7.37. The highest BCUT2D eigenvalue weighted by atomic mass is 79.9. The predicted octanol–water partition coefficient (Wildman–Crippen LogP) is 2.89. The van der Waals surface area contributed by atoms with Gasteiger partial charge in [0.2, 0.25) is 0 Å². The maximum absolute atomic E-state index is 14.2. The molecule has 2 aromatic rings. The first-order chi connectivity index (χ1) is 14.7. The minimum absolute atomic E-state index is 0.0976. The molecule has 1 aliphatic rings. The summed E-state index contributed by atoms with van der Waals surface area (Å²) in [5, 5.41) is 10.9. The number of hydrogen-bond donors (Lipinski definition) is 2. The molecule has 0 saturated carbocycles. The standard InChI is InChI=1S/C20H14BrFN2O6S/c1-29-15-8-10(7-12(21)17(15)30-9-16(25)26)6-11-18(27)23-20(31)24(19(11)28)14-5-3-2-4-13(14)22/h2-8H,9H2,1H3,(H,25,26)(H,23,27,31)/b11-6+. The van der Waals surface area contributed by atoms with Crippen LogP contribution in [0.15, 0.2) is 46.4 Å². The molecule has 0 bridgehead atoms. The summed E-state index contributed by atoms with van der Waals surface area (Å²) in [4.78, 5) is 37.1. The third kappa shape index (κ3) is 4.72. The zero-order chi connectivity index (χ0) is 22.7. The molecule has 2 amide bonds. The first kappa shape index (κ1) is 22.4. The molecule has 3 rings (SSSR count). The molecule has 1 heterocycles. The highest BCUT2D eigenvalue weighted by Gasteiger charge is 2.35. The lowest BCUT2D eigenvalue weighted by Crippen LogP contribution is -2.54. The topological polar surface area (TPSA) is 105 Å². The van der Waals surface area contributed by atoms with Crippen LogP contribution in [0.1, 0.15) is 5.56 Å². The summed E-state index contributed by atoms with van der Waals surface area (Å²) < 4.78 is 25.0. The van der Waals surface area contributed by atoms with Crippen molar-refractivity contribution < 1.29 is 33.4 Å². The molecule has 0 spiro atoms. The predicted molar refractivity (Wildman–Crippen MR) is 116 cm³/mol. The van der Waals surface area contributed by atoms with Crippen molar-refractivity contribution in [1.82, 2.24) is 5.32 Å². The van der Waals surface area contributed by atoms with Gasteiger partial charge in [-0.2, -0.15) is 0 Å². The van der Waals surface area contributed by atoms with Crippen LogP contribution in [0.2, 0.25) is 0 Å². The van der Waals surface area contributed by atoms with E-state index in [1.807, 2.05) is 0 Å². The molecule has 2 aromatic carbocycles. The van der Waals surface area contributed by atoms with Crippen LogP contribution in [0, 0.1) is 5.82 Å². The Morgan fingerprint density at radius 3 is 2.68 bits per heavy atom. The number of carboxylic acid groups (broad SMARTS) is 1. The van der Waals surface area contributed by atoms with Gasteiger partial charge in [-0.25, -0.2) is 14.1 Å². The number of rotatable bonds is 6. The lowest BCUT2D eigenvalue weighted by Gasteiger charge is -2.29. The van der Waals surface area contributed by atoms with Gasteiger partial charge in [0.25, 0.3) is 11.8 Å². The number of carboxylic acids is 1. The fourth-order valence-electron chi connectivity index (χ4n) is 2.77. The maximum atomic E-state index is 14.2. The van der Waals surface area contributed by atoms with Crippen molar-refractivity contribution in [3.8, 4) is 11.5 Å². The number of ether oxygens (including phenoxy) is 2. The summed E-state index contributed by atoms with van der Waals surface area (Å²) in [5.74, 6) is -3.09. The lowest BCUT2D eigenvalue weighted by atomic mass is 10.1. The van der Waals surface area contributed by atoms with E-state index in [0.717, 1.165) is 4.90 Å². The molecule has 1 fully saturated rings. The van der Waals surface area contributed by atoms with Crippen LogP contribution in [-0.4, -0.2) is 41.7 Å². The molecule has 1 saturated heterocycles. The van der Waals surface area contributed by atoms with Gasteiger partial charge in [-0.05, 0) is 64.1 Å². The molecular formula is C20H14BrFN2O6S. The summed E-state index contributed by atoms with van der Waals surface area (Å²) in [7, 11) is 1.35. The van der Waals surface area contributed by atoms with Gasteiger partial charge in [0.15, 0.2) is 23.2 Å². The molecule has 0 aliphatic carbocycles. The lowest BCUT2D eigenvalue weighted by molar-refractivity contribution is -0.139. The molecule has 0 atom stereocenters. The number of hydrogen-bond acceptors (Lipinski definition) is 6. The summed E-state index contributed by atoms with van der Waals surface area (Å²) >= 11 is 8.31. The van der Waals surface area contributed by atoms with Crippen molar-refractivity contribution in [2.24, 2.45) is 0 Å². The Bertz CT molecular complexity index is 1140. The molecule has 1 aliphatic heterocycles. The Labute approximate surface area is 189 Å². The highest BCUT2D eigenvalue weighted by Crippen LogP contribution is 2.37. The van der Waals surface area contributed by atoms with Crippen molar-refractivity contribution in [1.29, 1.82) is 0 Å². The van der Waals surface area contributed by atoms with Crippen LogP contribution in [0.25, 0.3) is 6.08 Å². The van der Waals surface area contributed by atoms with Crippen LogP contribution in [0.4, 0.5) is 10.1 Å². The fourth-order valence-corrected chi connectivity index (χ4v) is 3.62. The third-order valence-corrected chi connectivity index (χ3v) is 4.97. The van der Waals surface area contributed by atoms with E-state index in [1.165, 1.54) is 49.6 Å². The zero-order valence-corrected chi connectivity index (χ0v) is 18.3. The summed E-state index contributed by atoms with van der Waals surface area (Å²) in [6.45, 7) is -0.592. The van der Waals surface area contributed by atoms with Crippen molar-refractivity contribution >= 4 is 62.8 Å². The van der Waals surface area contributed by atoms with Crippen molar-refractivity contribution in [3.63, 3.8) is 0 Å². The Hall–Kier alpha value is -3.31. The summed E-state index contributed by atoms with van der Waals surface area (Å²) in [5.41, 5.74) is -0.0178. The molecular weight excluding hydrogens is 495 g/mol.